The van der Waals surface area contributed by atoms with Crippen LogP contribution in [-0.2, 0) is 27.5 Å². The molecule has 3 N–H and O–H groups in total. The quantitative estimate of drug-likeness (QED) is 0.606. The molecule has 2 aromatic carbocycles. The van der Waals surface area contributed by atoms with Crippen LogP contribution in [0.1, 0.15) is 16.7 Å². The number of aliphatic carboxylic acids is 2. The molecule has 1 amide bonds. The van der Waals surface area contributed by atoms with Gasteiger partial charge >= 0.3 is 11.9 Å². The number of carbonyl (C=O) groups excluding carboxylic acids is 1. The van der Waals surface area contributed by atoms with Crippen LogP contribution in [0, 0.1) is 6.92 Å². The molecule has 2 rings (SSSR count). The van der Waals surface area contributed by atoms with Gasteiger partial charge in [-0.3, -0.25) is 9.69 Å². The van der Waals surface area contributed by atoms with Gasteiger partial charge in [-0.25, -0.2) is 9.59 Å². The molecule has 0 aliphatic carbocycles. The highest BCUT2D eigenvalue weighted by molar-refractivity contribution is 6.27. The van der Waals surface area contributed by atoms with Crippen LogP contribution in [0.2, 0.25) is 0 Å². The molecule has 0 radical (unpaired) electrons. The van der Waals surface area contributed by atoms with Crippen LogP contribution < -0.4 is 10.1 Å². The number of nitrogens with zero attached hydrogens (tertiary/aromatic N) is 1. The van der Waals surface area contributed by atoms with Crippen molar-refractivity contribution in [1.82, 2.24) is 10.2 Å². The van der Waals surface area contributed by atoms with Gasteiger partial charge in [0.1, 0.15) is 5.75 Å². The zero-order valence-electron chi connectivity index (χ0n) is 16.7. The van der Waals surface area contributed by atoms with Gasteiger partial charge in [-0.1, -0.05) is 42.0 Å². The number of likely N-dealkylation sites (N-methyl/N-ethyl adjacent to an activating group) is 1. The number of hydrogen-bond acceptors (Lipinski definition) is 5. The topological polar surface area (TPSA) is 116 Å². The minimum Gasteiger partial charge on any atom is -0.497 e. The van der Waals surface area contributed by atoms with Gasteiger partial charge in [0, 0.05) is 13.1 Å². The Morgan fingerprint density at radius 3 is 2.17 bits per heavy atom. The molecule has 0 unspecified atom stereocenters. The summed E-state index contributed by atoms with van der Waals surface area (Å²) in [6, 6.07) is 16.1. The Bertz CT molecular complexity index is 808. The van der Waals surface area contributed by atoms with Gasteiger partial charge < -0.3 is 20.3 Å². The molecule has 2 aromatic rings. The largest absolute Gasteiger partial charge is 0.497 e. The molecule has 0 atom stereocenters. The molecule has 0 fully saturated rings. The average Bonchev–Trinajstić information content (AvgIpc) is 2.68. The fourth-order valence-electron chi connectivity index (χ4n) is 2.35. The lowest BCUT2D eigenvalue weighted by Gasteiger charge is -2.17. The molecule has 0 aromatic heterocycles. The molecule has 0 spiro atoms. The predicted molar refractivity (Wildman–Crippen MR) is 108 cm³/mol. The number of methoxy groups -OCH3 is 1. The van der Waals surface area contributed by atoms with Crippen LogP contribution in [0.25, 0.3) is 0 Å². The van der Waals surface area contributed by atoms with Gasteiger partial charge in [-0.15, -0.1) is 0 Å². The number of aryl methyl sites for hydroxylation is 1. The van der Waals surface area contributed by atoms with Crippen molar-refractivity contribution in [3.8, 4) is 5.75 Å². The number of carbonyl (C=O) groups is 3. The first kappa shape index (κ1) is 23.6. The van der Waals surface area contributed by atoms with E-state index in [1.165, 1.54) is 5.56 Å². The Morgan fingerprint density at radius 2 is 1.62 bits per heavy atom. The van der Waals surface area contributed by atoms with Crippen LogP contribution >= 0.6 is 0 Å². The molecule has 0 saturated heterocycles. The van der Waals surface area contributed by atoms with Crippen LogP contribution in [0.15, 0.2) is 48.5 Å². The van der Waals surface area contributed by atoms with Crippen molar-refractivity contribution >= 4 is 17.8 Å². The van der Waals surface area contributed by atoms with Gasteiger partial charge in [-0.2, -0.15) is 0 Å². The zero-order chi connectivity index (χ0) is 21.8. The van der Waals surface area contributed by atoms with Gasteiger partial charge in [0.25, 0.3) is 0 Å². The fourth-order valence-corrected chi connectivity index (χ4v) is 2.35. The van der Waals surface area contributed by atoms with Gasteiger partial charge in [0.15, 0.2) is 0 Å². The third-order valence-corrected chi connectivity index (χ3v) is 3.79. The number of carboxylic acids is 2. The van der Waals surface area contributed by atoms with E-state index in [0.717, 1.165) is 16.9 Å². The van der Waals surface area contributed by atoms with E-state index in [2.05, 4.69) is 24.4 Å². The fraction of sp³-hybridized carbons (Fsp3) is 0.286. The highest BCUT2D eigenvalue weighted by atomic mass is 16.5. The maximum absolute atomic E-state index is 12.0. The number of rotatable bonds is 7. The van der Waals surface area contributed by atoms with Crippen molar-refractivity contribution < 1.29 is 29.3 Å². The van der Waals surface area contributed by atoms with E-state index < -0.39 is 11.9 Å². The van der Waals surface area contributed by atoms with E-state index >= 15 is 0 Å². The SMILES string of the molecule is COc1cccc(CN(C)CC(=O)NCc2ccc(C)cc2)c1.O=C(O)C(=O)O. The second-order valence-corrected chi connectivity index (χ2v) is 6.40. The number of nitrogens with one attached hydrogen (secondary N) is 1. The maximum atomic E-state index is 12.0. The Labute approximate surface area is 169 Å². The maximum Gasteiger partial charge on any atom is 0.414 e. The summed E-state index contributed by atoms with van der Waals surface area (Å²) in [6.45, 7) is 3.68. The van der Waals surface area contributed by atoms with Gasteiger partial charge in [0.2, 0.25) is 5.91 Å². The van der Waals surface area contributed by atoms with E-state index in [1.807, 2.05) is 48.3 Å². The minimum atomic E-state index is -1.82. The van der Waals surface area contributed by atoms with Gasteiger partial charge in [0.05, 0.1) is 13.7 Å². The van der Waals surface area contributed by atoms with Crippen LogP contribution in [0.5, 0.6) is 5.75 Å². The second kappa shape index (κ2) is 12.1. The number of carboxylic acid groups (broad SMARTS) is 2. The molecule has 0 aliphatic rings. The molecule has 0 bridgehead atoms. The Hall–Kier alpha value is -3.39. The smallest absolute Gasteiger partial charge is 0.414 e. The van der Waals surface area contributed by atoms with E-state index in [1.54, 1.807) is 7.11 Å². The third-order valence-electron chi connectivity index (χ3n) is 3.79. The number of benzene rings is 2. The average molecular weight is 402 g/mol. The lowest BCUT2D eigenvalue weighted by Crippen LogP contribution is -2.34. The Morgan fingerprint density at radius 1 is 1.00 bits per heavy atom. The standard InChI is InChI=1S/C19H24N2O2.C2H2O4/c1-15-7-9-16(10-8-15)12-20-19(22)14-21(2)13-17-5-4-6-18(11-17)23-3;3-1(4)2(5)6/h4-11H,12-14H2,1-3H3,(H,20,22);(H,3,4)(H,5,6). The van der Waals surface area contributed by atoms with E-state index in [4.69, 9.17) is 24.5 Å². The molecular weight excluding hydrogens is 376 g/mol. The number of ether oxygens (including phenoxy) is 1. The summed E-state index contributed by atoms with van der Waals surface area (Å²) < 4.78 is 5.22. The van der Waals surface area contributed by atoms with Crippen LogP contribution in [0.4, 0.5) is 0 Å². The van der Waals surface area contributed by atoms with E-state index in [-0.39, 0.29) is 5.91 Å². The highest BCUT2D eigenvalue weighted by Gasteiger charge is 2.07. The lowest BCUT2D eigenvalue weighted by atomic mass is 10.1. The van der Waals surface area contributed by atoms with Crippen LogP contribution in [0.3, 0.4) is 0 Å². The molecule has 0 heterocycles. The van der Waals surface area contributed by atoms with Crippen LogP contribution in [-0.4, -0.2) is 53.7 Å². The normalized spacial score (nSPS) is 9.93. The lowest BCUT2D eigenvalue weighted by molar-refractivity contribution is -0.159. The van der Waals surface area contributed by atoms with Crippen molar-refractivity contribution in [2.45, 2.75) is 20.0 Å². The summed E-state index contributed by atoms with van der Waals surface area (Å²) in [4.78, 5) is 32.2. The monoisotopic (exact) mass is 402 g/mol. The zero-order valence-corrected chi connectivity index (χ0v) is 16.7. The predicted octanol–water partition coefficient (Wildman–Crippen LogP) is 1.91. The second-order valence-electron chi connectivity index (χ2n) is 6.40. The van der Waals surface area contributed by atoms with Gasteiger partial charge in [-0.05, 0) is 37.2 Å². The summed E-state index contributed by atoms with van der Waals surface area (Å²) in [6.07, 6.45) is 0. The highest BCUT2D eigenvalue weighted by Crippen LogP contribution is 2.13. The van der Waals surface area contributed by atoms with Crippen molar-refractivity contribution in [1.29, 1.82) is 0 Å². The first-order valence-corrected chi connectivity index (χ1v) is 8.81. The minimum absolute atomic E-state index is 0.0240. The number of amides is 1. The van der Waals surface area contributed by atoms with E-state index in [0.29, 0.717) is 19.6 Å². The number of hydrogen-bond donors (Lipinski definition) is 3. The molecule has 29 heavy (non-hydrogen) atoms. The van der Waals surface area contributed by atoms with E-state index in [9.17, 15) is 4.79 Å². The molecule has 0 aliphatic heterocycles. The first-order valence-electron chi connectivity index (χ1n) is 8.81. The molecule has 156 valence electrons. The summed E-state index contributed by atoms with van der Waals surface area (Å²) in [5.41, 5.74) is 3.45. The summed E-state index contributed by atoms with van der Waals surface area (Å²) in [5.74, 6) is -2.79. The summed E-state index contributed by atoms with van der Waals surface area (Å²) >= 11 is 0. The van der Waals surface area contributed by atoms with Crippen molar-refractivity contribution in [3.05, 3.63) is 65.2 Å². The molecule has 0 saturated carbocycles. The van der Waals surface area contributed by atoms with Crippen molar-refractivity contribution in [3.63, 3.8) is 0 Å². The molecule has 8 nitrogen and oxygen atoms in total. The Balaban J connectivity index is 0.000000612. The third kappa shape index (κ3) is 9.92. The summed E-state index contributed by atoms with van der Waals surface area (Å²) in [7, 11) is 3.59. The summed E-state index contributed by atoms with van der Waals surface area (Å²) in [5, 5.41) is 17.7. The molecule has 8 heteroatoms. The first-order chi connectivity index (χ1) is 13.7. The Kier molecular flexibility index (Phi) is 9.90. The van der Waals surface area contributed by atoms with Crippen molar-refractivity contribution in [2.75, 3.05) is 20.7 Å². The van der Waals surface area contributed by atoms with Crippen molar-refractivity contribution in [2.24, 2.45) is 0 Å². The molecular formula is C21H26N2O6.